The van der Waals surface area contributed by atoms with Crippen LogP contribution in [0.1, 0.15) is 24.3 Å². The van der Waals surface area contributed by atoms with Crippen molar-refractivity contribution in [2.45, 2.75) is 23.7 Å². The summed E-state index contributed by atoms with van der Waals surface area (Å²) >= 11 is 0. The summed E-state index contributed by atoms with van der Waals surface area (Å²) in [4.78, 5) is 11.5. The lowest BCUT2D eigenvalue weighted by Crippen LogP contribution is -2.37. The van der Waals surface area contributed by atoms with E-state index in [-0.39, 0.29) is 4.90 Å². The van der Waals surface area contributed by atoms with E-state index in [0.717, 1.165) is 12.8 Å². The number of hydrogen-bond donors (Lipinski definition) is 0. The van der Waals surface area contributed by atoms with Crippen molar-refractivity contribution in [3.05, 3.63) is 76.6 Å². The Morgan fingerprint density at radius 2 is 1.65 bits per heavy atom. The molecular formula is C20H19NO4S. The van der Waals surface area contributed by atoms with Crippen LogP contribution in [0.5, 0.6) is 0 Å². The van der Waals surface area contributed by atoms with E-state index < -0.39 is 15.6 Å². The van der Waals surface area contributed by atoms with Crippen LogP contribution in [0.3, 0.4) is 0 Å². The van der Waals surface area contributed by atoms with Gasteiger partial charge in [0.25, 0.3) is 0 Å². The first-order chi connectivity index (χ1) is 12.5. The molecule has 2 heterocycles. The summed E-state index contributed by atoms with van der Waals surface area (Å²) in [7, 11) is -3.56. The molecule has 1 saturated heterocycles. The van der Waals surface area contributed by atoms with Gasteiger partial charge in [-0.1, -0.05) is 30.3 Å². The molecule has 1 aliphatic heterocycles. The average molecular weight is 369 g/mol. The molecule has 1 aromatic heterocycles. The van der Waals surface area contributed by atoms with Crippen molar-refractivity contribution in [3.8, 4) is 0 Å². The van der Waals surface area contributed by atoms with E-state index >= 15 is 0 Å². The molecule has 5 nitrogen and oxygen atoms in total. The molecule has 4 rings (SSSR count). The molecule has 0 unspecified atom stereocenters. The topological polar surface area (TPSA) is 67.6 Å². The summed E-state index contributed by atoms with van der Waals surface area (Å²) in [6, 6.07) is 17.7. The van der Waals surface area contributed by atoms with Crippen molar-refractivity contribution in [3.63, 3.8) is 0 Å². The predicted molar refractivity (Wildman–Crippen MR) is 99.7 cm³/mol. The van der Waals surface area contributed by atoms with Crippen LogP contribution < -0.4 is 5.63 Å². The Balaban J connectivity index is 1.56. The van der Waals surface area contributed by atoms with Gasteiger partial charge < -0.3 is 4.42 Å². The second-order valence-corrected chi connectivity index (χ2v) is 8.48. The SMILES string of the molecule is O=c1ccc2cc(S(=O)(=O)N3CCC(c4ccccc4)CC3)ccc2o1. The minimum Gasteiger partial charge on any atom is -0.423 e. The fraction of sp³-hybridized carbons (Fsp3) is 0.250. The number of piperidine rings is 1. The Kier molecular flexibility index (Phi) is 4.38. The van der Waals surface area contributed by atoms with Crippen LogP contribution in [0.4, 0.5) is 0 Å². The van der Waals surface area contributed by atoms with Gasteiger partial charge in [0, 0.05) is 24.5 Å². The summed E-state index contributed by atoms with van der Waals surface area (Å²) in [6.45, 7) is 1.01. The summed E-state index contributed by atoms with van der Waals surface area (Å²) in [5.41, 5.74) is 1.21. The van der Waals surface area contributed by atoms with Crippen LogP contribution >= 0.6 is 0 Å². The molecule has 0 N–H and O–H groups in total. The molecule has 2 aromatic carbocycles. The molecule has 1 aliphatic rings. The second-order valence-electron chi connectivity index (χ2n) is 6.54. The van der Waals surface area contributed by atoms with E-state index in [1.54, 1.807) is 22.5 Å². The zero-order valence-electron chi connectivity index (χ0n) is 14.2. The van der Waals surface area contributed by atoms with E-state index in [9.17, 15) is 13.2 Å². The van der Waals surface area contributed by atoms with Gasteiger partial charge in [-0.15, -0.1) is 0 Å². The Labute approximate surface area is 151 Å². The smallest absolute Gasteiger partial charge is 0.336 e. The summed E-state index contributed by atoms with van der Waals surface area (Å²) in [6.07, 6.45) is 1.62. The molecule has 3 aromatic rings. The van der Waals surface area contributed by atoms with Gasteiger partial charge in [0.15, 0.2) is 0 Å². The normalized spacial score (nSPS) is 16.8. The number of fused-ring (bicyclic) bond motifs is 1. The fourth-order valence-electron chi connectivity index (χ4n) is 3.51. The van der Waals surface area contributed by atoms with Crippen LogP contribution in [0.25, 0.3) is 11.0 Å². The molecule has 0 spiro atoms. The molecule has 0 aliphatic carbocycles. The number of hydrogen-bond acceptors (Lipinski definition) is 4. The lowest BCUT2D eigenvalue weighted by Gasteiger charge is -2.31. The first-order valence-corrected chi connectivity index (χ1v) is 10.1. The van der Waals surface area contributed by atoms with Crippen LogP contribution in [0, 0.1) is 0 Å². The third-order valence-corrected chi connectivity index (χ3v) is 6.85. The van der Waals surface area contributed by atoms with Crippen LogP contribution in [0.2, 0.25) is 0 Å². The number of benzene rings is 2. The largest absolute Gasteiger partial charge is 0.423 e. The summed E-state index contributed by atoms with van der Waals surface area (Å²) in [5.74, 6) is 0.397. The van der Waals surface area contributed by atoms with Crippen molar-refractivity contribution in [1.29, 1.82) is 0 Å². The first-order valence-electron chi connectivity index (χ1n) is 8.63. The van der Waals surface area contributed by atoms with Crippen molar-refractivity contribution >= 4 is 21.0 Å². The minimum absolute atomic E-state index is 0.233. The third kappa shape index (κ3) is 3.18. The average Bonchev–Trinajstić information content (AvgIpc) is 2.68. The maximum atomic E-state index is 13.0. The third-order valence-electron chi connectivity index (χ3n) is 4.95. The first kappa shape index (κ1) is 17.0. The Hall–Kier alpha value is -2.44. The van der Waals surface area contributed by atoms with E-state index in [2.05, 4.69) is 12.1 Å². The van der Waals surface area contributed by atoms with Gasteiger partial charge in [0.05, 0.1) is 4.90 Å². The Morgan fingerprint density at radius 3 is 2.38 bits per heavy atom. The highest BCUT2D eigenvalue weighted by molar-refractivity contribution is 7.89. The molecule has 0 atom stereocenters. The quantitative estimate of drug-likeness (QED) is 0.664. The fourth-order valence-corrected chi connectivity index (χ4v) is 5.02. The Morgan fingerprint density at radius 1 is 0.923 bits per heavy atom. The van der Waals surface area contributed by atoms with Crippen molar-refractivity contribution < 1.29 is 12.8 Å². The molecule has 0 bridgehead atoms. The van der Waals surface area contributed by atoms with E-state index in [4.69, 9.17) is 4.42 Å². The molecule has 26 heavy (non-hydrogen) atoms. The van der Waals surface area contributed by atoms with Gasteiger partial charge in [-0.2, -0.15) is 4.31 Å². The summed E-state index contributed by atoms with van der Waals surface area (Å²) in [5, 5.41) is 0.602. The summed E-state index contributed by atoms with van der Waals surface area (Å²) < 4.78 is 32.6. The number of nitrogens with zero attached hydrogens (tertiary/aromatic N) is 1. The van der Waals surface area contributed by atoms with Gasteiger partial charge in [0.2, 0.25) is 10.0 Å². The van der Waals surface area contributed by atoms with Crippen LogP contribution in [-0.4, -0.2) is 25.8 Å². The molecule has 0 amide bonds. The van der Waals surface area contributed by atoms with Gasteiger partial charge in [-0.3, -0.25) is 0 Å². The lowest BCUT2D eigenvalue weighted by atomic mass is 9.90. The molecule has 0 saturated carbocycles. The Bertz CT molecular complexity index is 1080. The number of sulfonamides is 1. The second kappa shape index (κ2) is 6.70. The molecule has 6 heteroatoms. The van der Waals surface area contributed by atoms with Gasteiger partial charge in [-0.25, -0.2) is 13.2 Å². The van der Waals surface area contributed by atoms with Gasteiger partial charge in [0.1, 0.15) is 5.58 Å². The number of rotatable bonds is 3. The maximum absolute atomic E-state index is 13.0. The maximum Gasteiger partial charge on any atom is 0.336 e. The van der Waals surface area contributed by atoms with E-state index in [0.29, 0.717) is 30.0 Å². The molecular weight excluding hydrogens is 350 g/mol. The highest BCUT2D eigenvalue weighted by Gasteiger charge is 2.30. The monoisotopic (exact) mass is 369 g/mol. The highest BCUT2D eigenvalue weighted by Crippen LogP contribution is 2.31. The van der Waals surface area contributed by atoms with Crippen LogP contribution in [-0.2, 0) is 10.0 Å². The van der Waals surface area contributed by atoms with Gasteiger partial charge >= 0.3 is 5.63 Å². The standard InChI is InChI=1S/C20H19NO4S/c22-20-9-6-17-14-18(7-8-19(17)25-20)26(23,24)21-12-10-16(11-13-21)15-4-2-1-3-5-15/h1-9,14,16H,10-13H2. The molecule has 0 radical (unpaired) electrons. The van der Waals surface area contributed by atoms with E-state index in [1.807, 2.05) is 18.2 Å². The zero-order chi connectivity index (χ0) is 18.1. The van der Waals surface area contributed by atoms with E-state index in [1.165, 1.54) is 17.7 Å². The van der Waals surface area contributed by atoms with Crippen LogP contribution in [0.15, 0.2) is 74.8 Å². The molecule has 134 valence electrons. The highest BCUT2D eigenvalue weighted by atomic mass is 32.2. The molecule has 1 fully saturated rings. The van der Waals surface area contributed by atoms with Crippen molar-refractivity contribution in [2.75, 3.05) is 13.1 Å². The predicted octanol–water partition coefficient (Wildman–Crippen LogP) is 3.36. The minimum atomic E-state index is -3.56. The van der Waals surface area contributed by atoms with Crippen molar-refractivity contribution in [2.24, 2.45) is 0 Å². The van der Waals surface area contributed by atoms with Gasteiger partial charge in [-0.05, 0) is 48.6 Å². The zero-order valence-corrected chi connectivity index (χ0v) is 15.0. The van der Waals surface area contributed by atoms with Crippen molar-refractivity contribution in [1.82, 2.24) is 4.31 Å². The lowest BCUT2D eigenvalue weighted by molar-refractivity contribution is 0.319.